The molecule has 14 heavy (non-hydrogen) atoms. The second-order valence-electron chi connectivity index (χ2n) is 5.02. The molecule has 1 aliphatic carbocycles. The van der Waals surface area contributed by atoms with Crippen LogP contribution in [0.15, 0.2) is 0 Å². The number of rotatable bonds is 2. The summed E-state index contributed by atoms with van der Waals surface area (Å²) in [5.41, 5.74) is 0. The Morgan fingerprint density at radius 2 is 1.86 bits per heavy atom. The minimum Gasteiger partial charge on any atom is -0.408 e. The van der Waals surface area contributed by atoms with Gasteiger partial charge in [-0.1, -0.05) is 46.0 Å². The second-order valence-corrected chi connectivity index (χ2v) is 5.02. The molecule has 0 aromatic carbocycles. The van der Waals surface area contributed by atoms with Gasteiger partial charge in [-0.2, -0.15) is 0 Å². The van der Waals surface area contributed by atoms with Gasteiger partial charge in [0.2, 0.25) is 0 Å². The minimum absolute atomic E-state index is 0.114. The molecule has 3 heteroatoms. The molecule has 0 spiro atoms. The SMILES string of the molecule is CC(C)C1COB(C2CCCCC2)O1. The Morgan fingerprint density at radius 1 is 1.14 bits per heavy atom. The molecule has 1 saturated heterocycles. The van der Waals surface area contributed by atoms with Gasteiger partial charge < -0.3 is 9.31 Å². The first-order valence-electron chi connectivity index (χ1n) is 6.04. The molecule has 2 aliphatic rings. The molecular weight excluding hydrogens is 175 g/mol. The van der Waals surface area contributed by atoms with E-state index >= 15 is 0 Å². The normalized spacial score (nSPS) is 30.2. The highest BCUT2D eigenvalue weighted by atomic mass is 16.6. The largest absolute Gasteiger partial charge is 0.460 e. The lowest BCUT2D eigenvalue weighted by Gasteiger charge is -2.23. The van der Waals surface area contributed by atoms with E-state index in [9.17, 15) is 0 Å². The Morgan fingerprint density at radius 3 is 2.43 bits per heavy atom. The summed E-state index contributed by atoms with van der Waals surface area (Å²) in [7, 11) is 0.114. The zero-order valence-corrected chi connectivity index (χ0v) is 9.37. The topological polar surface area (TPSA) is 18.5 Å². The van der Waals surface area contributed by atoms with Crippen molar-refractivity contribution >= 4 is 7.12 Å². The van der Waals surface area contributed by atoms with E-state index in [1.165, 1.54) is 32.1 Å². The van der Waals surface area contributed by atoms with Gasteiger partial charge >= 0.3 is 7.12 Å². The maximum absolute atomic E-state index is 5.94. The van der Waals surface area contributed by atoms with E-state index in [0.29, 0.717) is 17.8 Å². The highest BCUT2D eigenvalue weighted by Crippen LogP contribution is 2.35. The predicted octanol–water partition coefficient (Wildman–Crippen LogP) is 2.88. The Kier molecular flexibility index (Phi) is 3.50. The summed E-state index contributed by atoms with van der Waals surface area (Å²) in [6.07, 6.45) is 7.06. The molecule has 0 radical (unpaired) electrons. The van der Waals surface area contributed by atoms with Crippen molar-refractivity contribution in [3.8, 4) is 0 Å². The van der Waals surface area contributed by atoms with Crippen LogP contribution in [0.4, 0.5) is 0 Å². The lowest BCUT2D eigenvalue weighted by atomic mass is 9.65. The van der Waals surface area contributed by atoms with Crippen molar-refractivity contribution in [2.24, 2.45) is 5.92 Å². The molecular formula is C11H21BO2. The van der Waals surface area contributed by atoms with Crippen LogP contribution in [-0.4, -0.2) is 19.8 Å². The quantitative estimate of drug-likeness (QED) is 0.632. The minimum atomic E-state index is 0.114. The van der Waals surface area contributed by atoms with Gasteiger partial charge in [0.25, 0.3) is 0 Å². The molecule has 0 N–H and O–H groups in total. The van der Waals surface area contributed by atoms with E-state index in [2.05, 4.69) is 13.8 Å². The van der Waals surface area contributed by atoms with Crippen LogP contribution in [0.2, 0.25) is 5.82 Å². The monoisotopic (exact) mass is 196 g/mol. The summed E-state index contributed by atoms with van der Waals surface area (Å²) in [5.74, 6) is 1.26. The molecule has 0 aromatic heterocycles. The third-order valence-corrected chi connectivity index (χ3v) is 3.51. The summed E-state index contributed by atoms with van der Waals surface area (Å²) in [6.45, 7) is 5.22. The van der Waals surface area contributed by atoms with Crippen LogP contribution in [0.1, 0.15) is 46.0 Å². The third-order valence-electron chi connectivity index (χ3n) is 3.51. The first-order chi connectivity index (χ1) is 6.77. The van der Waals surface area contributed by atoms with Gasteiger partial charge in [-0.15, -0.1) is 0 Å². The van der Waals surface area contributed by atoms with Gasteiger partial charge in [0, 0.05) is 0 Å². The fourth-order valence-corrected chi connectivity index (χ4v) is 2.44. The van der Waals surface area contributed by atoms with Crippen molar-refractivity contribution in [3.63, 3.8) is 0 Å². The van der Waals surface area contributed by atoms with Crippen LogP contribution >= 0.6 is 0 Å². The van der Waals surface area contributed by atoms with Gasteiger partial charge in [0.1, 0.15) is 0 Å². The van der Waals surface area contributed by atoms with E-state index < -0.39 is 0 Å². The van der Waals surface area contributed by atoms with Crippen molar-refractivity contribution in [2.75, 3.05) is 6.61 Å². The zero-order chi connectivity index (χ0) is 9.97. The fourth-order valence-electron chi connectivity index (χ4n) is 2.44. The summed E-state index contributed by atoms with van der Waals surface area (Å²) in [6, 6.07) is 0. The first-order valence-corrected chi connectivity index (χ1v) is 6.04. The van der Waals surface area contributed by atoms with Crippen molar-refractivity contribution in [1.29, 1.82) is 0 Å². The Balaban J connectivity index is 1.82. The maximum Gasteiger partial charge on any atom is 0.460 e. The van der Waals surface area contributed by atoms with Crippen LogP contribution in [0.3, 0.4) is 0 Å². The van der Waals surface area contributed by atoms with E-state index in [-0.39, 0.29) is 7.12 Å². The molecule has 1 unspecified atom stereocenters. The van der Waals surface area contributed by atoms with Gasteiger partial charge in [-0.25, -0.2) is 0 Å². The molecule has 1 saturated carbocycles. The van der Waals surface area contributed by atoms with Crippen LogP contribution < -0.4 is 0 Å². The smallest absolute Gasteiger partial charge is 0.408 e. The highest BCUT2D eigenvalue weighted by Gasteiger charge is 2.39. The van der Waals surface area contributed by atoms with E-state index in [4.69, 9.17) is 9.31 Å². The van der Waals surface area contributed by atoms with E-state index in [1.54, 1.807) is 0 Å². The molecule has 0 amide bonds. The average Bonchev–Trinajstić information content (AvgIpc) is 2.68. The molecule has 0 aromatic rings. The highest BCUT2D eigenvalue weighted by molar-refractivity contribution is 6.47. The third kappa shape index (κ3) is 2.32. The Labute approximate surface area is 87.5 Å². The molecule has 2 fully saturated rings. The second kappa shape index (κ2) is 4.67. The summed E-state index contributed by atoms with van der Waals surface area (Å²) in [5, 5.41) is 0. The summed E-state index contributed by atoms with van der Waals surface area (Å²) < 4.78 is 11.7. The maximum atomic E-state index is 5.94. The number of hydrogen-bond donors (Lipinski definition) is 0. The number of hydrogen-bond acceptors (Lipinski definition) is 2. The standard InChI is InChI=1S/C11H21BO2/c1-9(2)11-8-13-12(14-11)10-6-4-3-5-7-10/h9-11H,3-8H2,1-2H3. The molecule has 0 bridgehead atoms. The lowest BCUT2D eigenvalue weighted by Crippen LogP contribution is -2.26. The molecule has 1 heterocycles. The average molecular weight is 196 g/mol. The van der Waals surface area contributed by atoms with Crippen molar-refractivity contribution in [3.05, 3.63) is 0 Å². The fraction of sp³-hybridized carbons (Fsp3) is 1.00. The molecule has 2 rings (SSSR count). The van der Waals surface area contributed by atoms with Crippen molar-refractivity contribution < 1.29 is 9.31 Å². The summed E-state index contributed by atoms with van der Waals surface area (Å²) >= 11 is 0. The Bertz CT molecular complexity index is 178. The van der Waals surface area contributed by atoms with Gasteiger partial charge in [0.05, 0.1) is 12.7 Å². The molecule has 80 valence electrons. The van der Waals surface area contributed by atoms with Crippen LogP contribution in [0, 0.1) is 5.92 Å². The summed E-state index contributed by atoms with van der Waals surface area (Å²) in [4.78, 5) is 0. The zero-order valence-electron chi connectivity index (χ0n) is 9.37. The molecule has 1 atom stereocenters. The molecule has 2 nitrogen and oxygen atoms in total. The lowest BCUT2D eigenvalue weighted by molar-refractivity contribution is 0.175. The van der Waals surface area contributed by atoms with Gasteiger partial charge in [-0.3, -0.25) is 0 Å². The van der Waals surface area contributed by atoms with Gasteiger partial charge in [-0.05, 0) is 11.7 Å². The van der Waals surface area contributed by atoms with E-state index in [0.717, 1.165) is 6.61 Å². The molecule has 1 aliphatic heterocycles. The van der Waals surface area contributed by atoms with E-state index in [1.807, 2.05) is 0 Å². The predicted molar refractivity (Wildman–Crippen MR) is 58.3 cm³/mol. The van der Waals surface area contributed by atoms with Crippen molar-refractivity contribution in [1.82, 2.24) is 0 Å². The van der Waals surface area contributed by atoms with Crippen LogP contribution in [0.5, 0.6) is 0 Å². The Hall–Kier alpha value is -0.0151. The first kappa shape index (κ1) is 10.5. The van der Waals surface area contributed by atoms with Gasteiger partial charge in [0.15, 0.2) is 0 Å². The van der Waals surface area contributed by atoms with Crippen molar-refractivity contribution in [2.45, 2.75) is 57.9 Å². The van der Waals surface area contributed by atoms with Crippen LogP contribution in [0.25, 0.3) is 0 Å². The van der Waals surface area contributed by atoms with Crippen LogP contribution in [-0.2, 0) is 9.31 Å².